The Bertz CT molecular complexity index is 553. The number of hydrogen-bond acceptors (Lipinski definition) is 2. The molecule has 2 atom stereocenters. The molecule has 0 saturated heterocycles. The molecule has 1 aliphatic carbocycles. The van der Waals surface area contributed by atoms with Gasteiger partial charge in [-0.25, -0.2) is 0 Å². The Kier molecular flexibility index (Phi) is 2.90. The molecular formula is C16H21NO. The van der Waals surface area contributed by atoms with Gasteiger partial charge in [0, 0.05) is 11.4 Å². The second-order valence-corrected chi connectivity index (χ2v) is 5.60. The molecule has 1 aliphatic rings. The van der Waals surface area contributed by atoms with Gasteiger partial charge >= 0.3 is 0 Å². The van der Waals surface area contributed by atoms with Gasteiger partial charge in [0.25, 0.3) is 0 Å². The van der Waals surface area contributed by atoms with E-state index in [-0.39, 0.29) is 6.04 Å². The summed E-state index contributed by atoms with van der Waals surface area (Å²) >= 11 is 0. The lowest BCUT2D eigenvalue weighted by Crippen LogP contribution is -2.30. The van der Waals surface area contributed by atoms with E-state index in [4.69, 9.17) is 4.42 Å². The van der Waals surface area contributed by atoms with Crippen LogP contribution >= 0.6 is 0 Å². The van der Waals surface area contributed by atoms with Crippen LogP contribution in [0, 0.1) is 12.8 Å². The van der Waals surface area contributed by atoms with Gasteiger partial charge in [0.1, 0.15) is 11.3 Å². The molecule has 2 nitrogen and oxygen atoms in total. The van der Waals surface area contributed by atoms with E-state index >= 15 is 0 Å². The van der Waals surface area contributed by atoms with Crippen LogP contribution in [-0.2, 0) is 0 Å². The molecule has 0 amide bonds. The van der Waals surface area contributed by atoms with Crippen molar-refractivity contribution in [2.75, 3.05) is 0 Å². The summed E-state index contributed by atoms with van der Waals surface area (Å²) in [7, 11) is 0. The van der Waals surface area contributed by atoms with Crippen LogP contribution in [0.4, 0.5) is 0 Å². The predicted molar refractivity (Wildman–Crippen MR) is 74.7 cm³/mol. The highest BCUT2D eigenvalue weighted by Crippen LogP contribution is 2.35. The largest absolute Gasteiger partial charge is 0.459 e. The molecule has 3 rings (SSSR count). The summed E-state index contributed by atoms with van der Waals surface area (Å²) in [5.74, 6) is 1.96. The number of furan rings is 1. The van der Waals surface area contributed by atoms with Gasteiger partial charge in [-0.3, -0.25) is 0 Å². The van der Waals surface area contributed by atoms with E-state index in [9.17, 15) is 0 Å². The standard InChI is InChI=1S/C16H21NO/c1-10-14-6-4-5-7-15(14)18-16(10)12(3)17-11(2)13-8-9-13/h4-7,11-13,17H,8-9H2,1-3H3. The van der Waals surface area contributed by atoms with Crippen LogP contribution in [0.3, 0.4) is 0 Å². The number of aryl methyl sites for hydroxylation is 1. The lowest BCUT2D eigenvalue weighted by atomic mass is 10.1. The van der Waals surface area contributed by atoms with E-state index in [0.29, 0.717) is 6.04 Å². The smallest absolute Gasteiger partial charge is 0.134 e. The van der Waals surface area contributed by atoms with Crippen LogP contribution in [0.1, 0.15) is 44.1 Å². The van der Waals surface area contributed by atoms with Crippen molar-refractivity contribution in [3.8, 4) is 0 Å². The highest BCUT2D eigenvalue weighted by molar-refractivity contribution is 5.82. The third-order valence-electron chi connectivity index (χ3n) is 4.12. The minimum Gasteiger partial charge on any atom is -0.459 e. The molecule has 2 unspecified atom stereocenters. The second-order valence-electron chi connectivity index (χ2n) is 5.60. The number of nitrogens with one attached hydrogen (secondary N) is 1. The van der Waals surface area contributed by atoms with E-state index in [1.807, 2.05) is 12.1 Å². The van der Waals surface area contributed by atoms with Crippen molar-refractivity contribution < 1.29 is 4.42 Å². The van der Waals surface area contributed by atoms with Crippen molar-refractivity contribution in [3.05, 3.63) is 35.6 Å². The van der Waals surface area contributed by atoms with Gasteiger partial charge in [-0.05, 0) is 51.2 Å². The summed E-state index contributed by atoms with van der Waals surface area (Å²) in [5, 5.41) is 4.90. The van der Waals surface area contributed by atoms with Gasteiger partial charge in [0.15, 0.2) is 0 Å². The maximum atomic E-state index is 6.00. The Hall–Kier alpha value is -1.28. The summed E-state index contributed by atoms with van der Waals surface area (Å²) in [4.78, 5) is 0. The third kappa shape index (κ3) is 2.05. The Morgan fingerprint density at radius 2 is 1.94 bits per heavy atom. The fourth-order valence-electron chi connectivity index (χ4n) is 2.81. The normalized spacial score (nSPS) is 19.1. The zero-order valence-corrected chi connectivity index (χ0v) is 11.4. The number of benzene rings is 1. The van der Waals surface area contributed by atoms with Crippen LogP contribution in [0.5, 0.6) is 0 Å². The van der Waals surface area contributed by atoms with Gasteiger partial charge in [-0.15, -0.1) is 0 Å². The number of para-hydroxylation sites is 1. The monoisotopic (exact) mass is 243 g/mol. The third-order valence-corrected chi connectivity index (χ3v) is 4.12. The summed E-state index contributed by atoms with van der Waals surface area (Å²) in [6.07, 6.45) is 2.75. The SMILES string of the molecule is Cc1c(C(C)NC(C)C2CC2)oc2ccccc12. The molecule has 0 spiro atoms. The van der Waals surface area contributed by atoms with Crippen LogP contribution in [0.25, 0.3) is 11.0 Å². The number of fused-ring (bicyclic) bond motifs is 1. The van der Waals surface area contributed by atoms with Gasteiger partial charge in [0.2, 0.25) is 0 Å². The molecule has 0 bridgehead atoms. The molecule has 1 heterocycles. The summed E-state index contributed by atoms with van der Waals surface area (Å²) in [6.45, 7) is 6.64. The topological polar surface area (TPSA) is 25.2 Å². The lowest BCUT2D eigenvalue weighted by Gasteiger charge is -2.18. The van der Waals surface area contributed by atoms with Gasteiger partial charge in [-0.2, -0.15) is 0 Å². The quantitative estimate of drug-likeness (QED) is 0.871. The second kappa shape index (κ2) is 4.43. The number of rotatable bonds is 4. The summed E-state index contributed by atoms with van der Waals surface area (Å²) < 4.78 is 6.00. The Morgan fingerprint density at radius 1 is 1.22 bits per heavy atom. The van der Waals surface area contributed by atoms with Crippen LogP contribution in [0.2, 0.25) is 0 Å². The molecule has 1 aromatic heterocycles. The van der Waals surface area contributed by atoms with Crippen molar-refractivity contribution in [1.82, 2.24) is 5.32 Å². The van der Waals surface area contributed by atoms with E-state index in [2.05, 4.69) is 38.2 Å². The van der Waals surface area contributed by atoms with Crippen molar-refractivity contribution in [1.29, 1.82) is 0 Å². The minimum absolute atomic E-state index is 0.285. The van der Waals surface area contributed by atoms with Gasteiger partial charge in [-0.1, -0.05) is 18.2 Å². The first kappa shape index (κ1) is 11.8. The molecule has 0 radical (unpaired) electrons. The first-order valence-electron chi connectivity index (χ1n) is 6.91. The zero-order valence-electron chi connectivity index (χ0n) is 11.4. The zero-order chi connectivity index (χ0) is 12.7. The van der Waals surface area contributed by atoms with E-state index < -0.39 is 0 Å². The first-order valence-corrected chi connectivity index (χ1v) is 6.91. The van der Waals surface area contributed by atoms with Gasteiger partial charge < -0.3 is 9.73 Å². The molecule has 1 fully saturated rings. The molecular weight excluding hydrogens is 222 g/mol. The molecule has 0 aliphatic heterocycles. The average molecular weight is 243 g/mol. The van der Waals surface area contributed by atoms with Crippen LogP contribution in [-0.4, -0.2) is 6.04 Å². The molecule has 2 heteroatoms. The maximum absolute atomic E-state index is 6.00. The first-order chi connectivity index (χ1) is 8.66. The van der Waals surface area contributed by atoms with Gasteiger partial charge in [0.05, 0.1) is 6.04 Å². The predicted octanol–water partition coefficient (Wildman–Crippen LogP) is 4.19. The summed E-state index contributed by atoms with van der Waals surface area (Å²) in [5.41, 5.74) is 2.27. The average Bonchev–Trinajstić information content (AvgIpc) is 3.15. The maximum Gasteiger partial charge on any atom is 0.134 e. The molecule has 1 N–H and O–H groups in total. The van der Waals surface area contributed by atoms with E-state index in [1.165, 1.54) is 23.8 Å². The highest BCUT2D eigenvalue weighted by atomic mass is 16.3. The Balaban J connectivity index is 1.86. The molecule has 96 valence electrons. The fourth-order valence-corrected chi connectivity index (χ4v) is 2.81. The Morgan fingerprint density at radius 3 is 2.61 bits per heavy atom. The lowest BCUT2D eigenvalue weighted by molar-refractivity contribution is 0.388. The van der Waals surface area contributed by atoms with Crippen molar-refractivity contribution >= 4 is 11.0 Å². The molecule has 1 aromatic carbocycles. The molecule has 1 saturated carbocycles. The van der Waals surface area contributed by atoms with Crippen molar-refractivity contribution in [2.45, 2.75) is 45.7 Å². The molecule has 18 heavy (non-hydrogen) atoms. The van der Waals surface area contributed by atoms with Crippen LogP contribution in [0.15, 0.2) is 28.7 Å². The van der Waals surface area contributed by atoms with Crippen molar-refractivity contribution in [3.63, 3.8) is 0 Å². The minimum atomic E-state index is 0.285. The van der Waals surface area contributed by atoms with E-state index in [1.54, 1.807) is 0 Å². The Labute approximate surface area is 108 Å². The molecule has 2 aromatic rings. The fraction of sp³-hybridized carbons (Fsp3) is 0.500. The van der Waals surface area contributed by atoms with Crippen LogP contribution < -0.4 is 5.32 Å². The van der Waals surface area contributed by atoms with Crippen molar-refractivity contribution in [2.24, 2.45) is 5.92 Å². The highest BCUT2D eigenvalue weighted by Gasteiger charge is 2.29. The summed E-state index contributed by atoms with van der Waals surface area (Å²) in [6, 6.07) is 9.15. The number of hydrogen-bond donors (Lipinski definition) is 1. The van der Waals surface area contributed by atoms with E-state index in [0.717, 1.165) is 17.3 Å².